The minimum absolute atomic E-state index is 0.0307. The van der Waals surface area contributed by atoms with Crippen LogP contribution in [-0.4, -0.2) is 40.4 Å². The average molecular weight is 419 g/mol. The number of nitrogens with zero attached hydrogens (tertiary/aromatic N) is 2. The van der Waals surface area contributed by atoms with Gasteiger partial charge in [-0.05, 0) is 48.7 Å². The van der Waals surface area contributed by atoms with E-state index >= 15 is 0 Å². The van der Waals surface area contributed by atoms with Crippen LogP contribution >= 0.6 is 0 Å². The number of aromatic amines is 1. The molecule has 2 aromatic heterocycles. The van der Waals surface area contributed by atoms with E-state index in [0.29, 0.717) is 28.8 Å². The first-order chi connectivity index (χ1) is 15.1. The third-order valence-electron chi connectivity index (χ3n) is 5.79. The van der Waals surface area contributed by atoms with Crippen LogP contribution in [0.1, 0.15) is 30.0 Å². The first-order valence-electron chi connectivity index (χ1n) is 9.99. The Morgan fingerprint density at radius 3 is 2.65 bits per heavy atom. The molecule has 0 fully saturated rings. The molecule has 2 N–H and O–H groups in total. The van der Waals surface area contributed by atoms with Gasteiger partial charge in [-0.1, -0.05) is 5.16 Å². The first-order valence-corrected chi connectivity index (χ1v) is 9.99. The second kappa shape index (κ2) is 7.46. The van der Waals surface area contributed by atoms with Crippen molar-refractivity contribution in [3.8, 4) is 34.3 Å². The molecular formula is C23H21N3O5. The number of nitrogens with one attached hydrogen (secondary N) is 1. The van der Waals surface area contributed by atoms with E-state index in [0.717, 1.165) is 35.0 Å². The number of rotatable bonds is 6. The molecule has 0 radical (unpaired) electrons. The van der Waals surface area contributed by atoms with Crippen molar-refractivity contribution in [3.05, 3.63) is 47.7 Å². The number of carboxylic acid groups (broad SMARTS) is 1. The minimum atomic E-state index is -0.773. The summed E-state index contributed by atoms with van der Waals surface area (Å²) in [6, 6.07) is 11.3. The van der Waals surface area contributed by atoms with Crippen LogP contribution in [0.15, 0.2) is 40.9 Å². The summed E-state index contributed by atoms with van der Waals surface area (Å²) in [7, 11) is 3.17. The molecule has 0 aliphatic heterocycles. The Morgan fingerprint density at radius 1 is 1.16 bits per heavy atom. The molecule has 158 valence electrons. The highest BCUT2D eigenvalue weighted by Crippen LogP contribution is 2.40. The predicted octanol–water partition coefficient (Wildman–Crippen LogP) is 4.41. The molecule has 5 rings (SSSR count). The van der Waals surface area contributed by atoms with Crippen molar-refractivity contribution in [3.63, 3.8) is 0 Å². The zero-order chi connectivity index (χ0) is 21.5. The molecule has 2 aromatic carbocycles. The number of carboxylic acids is 1. The maximum atomic E-state index is 11.2. The predicted molar refractivity (Wildman–Crippen MR) is 113 cm³/mol. The number of fused-ring (bicyclic) bond motifs is 3. The number of aromatic nitrogens is 3. The molecule has 1 atom stereocenters. The second-order valence-electron chi connectivity index (χ2n) is 7.64. The highest BCUT2D eigenvalue weighted by atomic mass is 16.5. The number of hydrogen-bond acceptors (Lipinski definition) is 6. The Bertz CT molecular complexity index is 1270. The Labute approximate surface area is 177 Å². The molecule has 0 saturated carbocycles. The molecule has 1 aliphatic rings. The summed E-state index contributed by atoms with van der Waals surface area (Å²) in [5, 5.41) is 14.4. The van der Waals surface area contributed by atoms with Crippen LogP contribution in [0.5, 0.6) is 11.5 Å². The topological polar surface area (TPSA) is 110 Å². The average Bonchev–Trinajstić information content (AvgIpc) is 3.49. The van der Waals surface area contributed by atoms with Crippen LogP contribution in [0.3, 0.4) is 0 Å². The highest BCUT2D eigenvalue weighted by molar-refractivity contribution is 5.89. The fourth-order valence-corrected chi connectivity index (χ4v) is 4.29. The largest absolute Gasteiger partial charge is 0.497 e. The minimum Gasteiger partial charge on any atom is -0.497 e. The van der Waals surface area contributed by atoms with Gasteiger partial charge in [-0.25, -0.2) is 0 Å². The number of hydrogen-bond donors (Lipinski definition) is 2. The lowest BCUT2D eigenvalue weighted by molar-refractivity contribution is -0.137. The van der Waals surface area contributed by atoms with Crippen molar-refractivity contribution in [2.45, 2.75) is 25.2 Å². The summed E-state index contributed by atoms with van der Waals surface area (Å²) in [6.45, 7) is 0. The van der Waals surface area contributed by atoms with E-state index in [1.54, 1.807) is 20.3 Å². The molecule has 8 heteroatoms. The fourth-order valence-electron chi connectivity index (χ4n) is 4.29. The summed E-state index contributed by atoms with van der Waals surface area (Å²) in [5.74, 6) is 1.37. The van der Waals surface area contributed by atoms with E-state index < -0.39 is 5.97 Å². The van der Waals surface area contributed by atoms with E-state index in [4.69, 9.17) is 14.0 Å². The van der Waals surface area contributed by atoms with Crippen LogP contribution in [0.4, 0.5) is 0 Å². The number of aryl methyl sites for hydroxylation is 1. The third kappa shape index (κ3) is 3.39. The van der Waals surface area contributed by atoms with Gasteiger partial charge in [0.25, 0.3) is 5.89 Å². The van der Waals surface area contributed by atoms with Crippen LogP contribution in [0.25, 0.3) is 33.7 Å². The monoisotopic (exact) mass is 419 g/mol. The molecular weight excluding hydrogens is 398 g/mol. The number of benzene rings is 2. The summed E-state index contributed by atoms with van der Waals surface area (Å²) >= 11 is 0. The van der Waals surface area contributed by atoms with Crippen molar-refractivity contribution < 1.29 is 23.9 Å². The molecule has 0 amide bonds. The highest BCUT2D eigenvalue weighted by Gasteiger charge is 2.28. The summed E-state index contributed by atoms with van der Waals surface area (Å²) in [4.78, 5) is 19.1. The van der Waals surface area contributed by atoms with Crippen molar-refractivity contribution >= 4 is 16.9 Å². The molecule has 0 spiro atoms. The zero-order valence-electron chi connectivity index (χ0n) is 17.1. The number of methoxy groups -OCH3 is 2. The molecule has 0 saturated heterocycles. The van der Waals surface area contributed by atoms with Crippen LogP contribution in [-0.2, 0) is 11.2 Å². The van der Waals surface area contributed by atoms with Crippen molar-refractivity contribution in [2.75, 3.05) is 14.2 Å². The molecule has 8 nitrogen and oxygen atoms in total. The Hall–Kier alpha value is -3.81. The lowest BCUT2D eigenvalue weighted by atomic mass is 10.0. The van der Waals surface area contributed by atoms with Gasteiger partial charge in [0.2, 0.25) is 5.82 Å². The van der Waals surface area contributed by atoms with Gasteiger partial charge in [-0.3, -0.25) is 4.79 Å². The first kappa shape index (κ1) is 19.2. The Kier molecular flexibility index (Phi) is 4.62. The maximum absolute atomic E-state index is 11.2. The van der Waals surface area contributed by atoms with Gasteiger partial charge >= 0.3 is 5.97 Å². The standard InChI is InChI=1S/C23H21N3O5/c1-29-15-7-14(8-16(11-15)30-2)23-25-22(26-31-23)13-4-6-19-18(9-13)17-5-3-12(10-20(27)28)21(17)24-19/h4,6-9,11-12,24H,3,5,10H2,1-2H3,(H,27,28). The number of H-pyrrole nitrogens is 1. The Balaban J connectivity index is 1.50. The summed E-state index contributed by atoms with van der Waals surface area (Å²) < 4.78 is 16.1. The lowest BCUT2D eigenvalue weighted by Gasteiger charge is -2.05. The van der Waals surface area contributed by atoms with Crippen molar-refractivity contribution in [1.29, 1.82) is 0 Å². The molecule has 2 heterocycles. The van der Waals surface area contributed by atoms with Crippen LogP contribution in [0, 0.1) is 0 Å². The van der Waals surface area contributed by atoms with Crippen molar-refractivity contribution in [2.24, 2.45) is 0 Å². The second-order valence-corrected chi connectivity index (χ2v) is 7.64. The van der Waals surface area contributed by atoms with Gasteiger partial charge in [-0.15, -0.1) is 0 Å². The lowest BCUT2D eigenvalue weighted by Crippen LogP contribution is -2.03. The van der Waals surface area contributed by atoms with E-state index in [9.17, 15) is 9.90 Å². The number of ether oxygens (including phenoxy) is 2. The molecule has 4 aromatic rings. The van der Waals surface area contributed by atoms with Gasteiger partial charge < -0.3 is 24.1 Å². The van der Waals surface area contributed by atoms with Gasteiger partial charge in [0.15, 0.2) is 0 Å². The van der Waals surface area contributed by atoms with Crippen LogP contribution in [0.2, 0.25) is 0 Å². The van der Waals surface area contributed by atoms with Gasteiger partial charge in [0.05, 0.1) is 20.6 Å². The Morgan fingerprint density at radius 2 is 1.94 bits per heavy atom. The number of carbonyl (C=O) groups is 1. The van der Waals surface area contributed by atoms with E-state index in [-0.39, 0.29) is 12.3 Å². The maximum Gasteiger partial charge on any atom is 0.304 e. The SMILES string of the molecule is COc1cc(OC)cc(-c2nc(-c3ccc4[nH]c5c(c4c3)CCC5CC(=O)O)no2)c1. The molecule has 1 unspecified atom stereocenters. The summed E-state index contributed by atoms with van der Waals surface area (Å²) in [5.41, 5.74) is 4.75. The van der Waals surface area contributed by atoms with E-state index in [2.05, 4.69) is 15.1 Å². The van der Waals surface area contributed by atoms with E-state index in [1.165, 1.54) is 5.56 Å². The summed E-state index contributed by atoms with van der Waals surface area (Å²) in [6.07, 6.45) is 1.85. The fraction of sp³-hybridized carbons (Fsp3) is 0.261. The molecule has 0 bridgehead atoms. The zero-order valence-corrected chi connectivity index (χ0v) is 17.1. The van der Waals surface area contributed by atoms with Gasteiger partial charge in [0, 0.05) is 39.7 Å². The smallest absolute Gasteiger partial charge is 0.304 e. The van der Waals surface area contributed by atoms with Gasteiger partial charge in [0.1, 0.15) is 11.5 Å². The molecule has 31 heavy (non-hydrogen) atoms. The number of aliphatic carboxylic acids is 1. The van der Waals surface area contributed by atoms with E-state index in [1.807, 2.05) is 30.3 Å². The quantitative estimate of drug-likeness (QED) is 0.476. The van der Waals surface area contributed by atoms with Crippen molar-refractivity contribution in [1.82, 2.24) is 15.1 Å². The van der Waals surface area contributed by atoms with Gasteiger partial charge in [-0.2, -0.15) is 4.98 Å². The molecule has 1 aliphatic carbocycles. The normalized spacial score (nSPS) is 15.2. The van der Waals surface area contributed by atoms with Crippen LogP contribution < -0.4 is 9.47 Å². The third-order valence-corrected chi connectivity index (χ3v) is 5.79.